The van der Waals surface area contributed by atoms with Crippen molar-refractivity contribution < 1.29 is 19.4 Å². The second-order valence-electron chi connectivity index (χ2n) is 1.42. The van der Waals surface area contributed by atoms with Crippen LogP contribution in [0, 0.1) is 0 Å². The Bertz CT molecular complexity index is 221. The number of rotatable bonds is 2. The predicted molar refractivity (Wildman–Crippen MR) is 38.4 cm³/mol. The van der Waals surface area contributed by atoms with E-state index in [1.165, 1.54) is 0 Å². The first-order valence-electron chi connectivity index (χ1n) is 2.37. The minimum atomic E-state index is -1.47. The summed E-state index contributed by atoms with van der Waals surface area (Å²) in [4.78, 5) is 20.6. The van der Waals surface area contributed by atoms with Gasteiger partial charge in [0.1, 0.15) is 0 Å². The molecule has 0 saturated carbocycles. The van der Waals surface area contributed by atoms with Gasteiger partial charge in [0.15, 0.2) is 10.1 Å². The Hall–Kier alpha value is -0.740. The van der Waals surface area contributed by atoms with E-state index in [4.69, 9.17) is 28.3 Å². The van der Waals surface area contributed by atoms with Crippen LogP contribution < -0.4 is 0 Å². The molecular weight excluding hydrogens is 195 g/mol. The highest BCUT2D eigenvalue weighted by atomic mass is 35.5. The van der Waals surface area contributed by atoms with Gasteiger partial charge in [0.2, 0.25) is 0 Å². The highest BCUT2D eigenvalue weighted by Gasteiger charge is 2.16. The standard InChI is InChI=1S/C5H4Cl2O4/c1-11-5(10)3(7)2(6)4(8)9/h1H3,(H,8,9). The SMILES string of the molecule is COC(=O)C(Cl)=C(Cl)C(=O)O. The van der Waals surface area contributed by atoms with E-state index in [0.29, 0.717) is 0 Å². The van der Waals surface area contributed by atoms with Crippen LogP contribution in [0.1, 0.15) is 0 Å². The third-order valence-electron chi connectivity index (χ3n) is 0.745. The smallest absolute Gasteiger partial charge is 0.351 e. The molecule has 0 fully saturated rings. The number of aliphatic carboxylic acids is 1. The molecule has 0 spiro atoms. The van der Waals surface area contributed by atoms with Crippen molar-refractivity contribution in [1.82, 2.24) is 0 Å². The number of hydrogen-bond acceptors (Lipinski definition) is 3. The number of carbonyl (C=O) groups excluding carboxylic acids is 1. The quantitative estimate of drug-likeness (QED) is 0.530. The monoisotopic (exact) mass is 198 g/mol. The lowest BCUT2D eigenvalue weighted by Gasteiger charge is -1.96. The van der Waals surface area contributed by atoms with Gasteiger partial charge in [0.25, 0.3) is 0 Å². The number of carboxylic acid groups (broad SMARTS) is 1. The van der Waals surface area contributed by atoms with Crippen LogP contribution in [0.15, 0.2) is 10.1 Å². The molecule has 0 aromatic carbocycles. The maximum Gasteiger partial charge on any atom is 0.351 e. The first kappa shape index (κ1) is 10.3. The van der Waals surface area contributed by atoms with E-state index in [-0.39, 0.29) is 0 Å². The summed E-state index contributed by atoms with van der Waals surface area (Å²) in [5.74, 6) is -2.44. The van der Waals surface area contributed by atoms with Crippen molar-refractivity contribution in [2.45, 2.75) is 0 Å². The molecule has 0 amide bonds. The number of carbonyl (C=O) groups is 2. The summed E-state index contributed by atoms with van der Waals surface area (Å²) in [5, 5.41) is 6.83. The molecule has 1 N–H and O–H groups in total. The van der Waals surface area contributed by atoms with E-state index in [0.717, 1.165) is 7.11 Å². The molecule has 0 aliphatic heterocycles. The fourth-order valence-electron chi connectivity index (χ4n) is 0.273. The zero-order valence-corrected chi connectivity index (χ0v) is 6.94. The van der Waals surface area contributed by atoms with Gasteiger partial charge < -0.3 is 9.84 Å². The van der Waals surface area contributed by atoms with Gasteiger partial charge >= 0.3 is 11.9 Å². The van der Waals surface area contributed by atoms with Crippen LogP contribution in [0.3, 0.4) is 0 Å². The molecule has 62 valence electrons. The minimum Gasteiger partial charge on any atom is -0.477 e. The predicted octanol–water partition coefficient (Wildman–Crippen LogP) is 0.933. The molecule has 6 heteroatoms. The molecule has 0 aliphatic rings. The summed E-state index contributed by atoms with van der Waals surface area (Å²) < 4.78 is 4.11. The highest BCUT2D eigenvalue weighted by molar-refractivity contribution is 6.52. The van der Waals surface area contributed by atoms with Crippen molar-refractivity contribution in [1.29, 1.82) is 0 Å². The summed E-state index contributed by atoms with van der Waals surface area (Å²) in [6.07, 6.45) is 0. The van der Waals surface area contributed by atoms with E-state index >= 15 is 0 Å². The van der Waals surface area contributed by atoms with Gasteiger partial charge in [-0.25, -0.2) is 9.59 Å². The Morgan fingerprint density at radius 1 is 1.27 bits per heavy atom. The number of esters is 1. The summed E-state index contributed by atoms with van der Waals surface area (Å²) in [7, 11) is 1.07. The Morgan fingerprint density at radius 3 is 2.00 bits per heavy atom. The topological polar surface area (TPSA) is 63.6 Å². The van der Waals surface area contributed by atoms with Gasteiger partial charge in [-0.3, -0.25) is 0 Å². The molecule has 0 aliphatic carbocycles. The lowest BCUT2D eigenvalue weighted by atomic mass is 10.5. The van der Waals surface area contributed by atoms with Crippen molar-refractivity contribution in [2.24, 2.45) is 0 Å². The summed E-state index contributed by atoms with van der Waals surface area (Å²) in [6.45, 7) is 0. The molecule has 0 heterocycles. The molecule has 0 aromatic rings. The molecule has 4 nitrogen and oxygen atoms in total. The van der Waals surface area contributed by atoms with E-state index < -0.39 is 22.0 Å². The van der Waals surface area contributed by atoms with Crippen molar-refractivity contribution in [3.8, 4) is 0 Å². The first-order valence-corrected chi connectivity index (χ1v) is 3.13. The number of hydrogen-bond donors (Lipinski definition) is 1. The van der Waals surface area contributed by atoms with Crippen molar-refractivity contribution in [3.63, 3.8) is 0 Å². The van der Waals surface area contributed by atoms with E-state index in [2.05, 4.69) is 4.74 Å². The highest BCUT2D eigenvalue weighted by Crippen LogP contribution is 2.14. The zero-order chi connectivity index (χ0) is 9.02. The van der Waals surface area contributed by atoms with E-state index in [9.17, 15) is 9.59 Å². The number of methoxy groups -OCH3 is 1. The van der Waals surface area contributed by atoms with Gasteiger partial charge in [-0.1, -0.05) is 23.2 Å². The van der Waals surface area contributed by atoms with Crippen molar-refractivity contribution >= 4 is 35.1 Å². The maximum atomic E-state index is 10.5. The van der Waals surface area contributed by atoms with Gasteiger partial charge in [-0.05, 0) is 0 Å². The molecule has 0 saturated heterocycles. The molecule has 0 unspecified atom stereocenters. The normalized spacial score (nSPS) is 11.9. The average molecular weight is 199 g/mol. The molecule has 0 atom stereocenters. The van der Waals surface area contributed by atoms with Crippen LogP contribution in [-0.4, -0.2) is 24.2 Å². The number of halogens is 2. The lowest BCUT2D eigenvalue weighted by Crippen LogP contribution is -2.05. The van der Waals surface area contributed by atoms with Gasteiger partial charge in [0, 0.05) is 0 Å². The number of carboxylic acids is 1. The minimum absolute atomic E-state index is 0.637. The second-order valence-corrected chi connectivity index (χ2v) is 2.18. The fourth-order valence-corrected chi connectivity index (χ4v) is 0.508. The average Bonchev–Trinajstić information content (AvgIpc) is 2.00. The first-order chi connectivity index (χ1) is 5.00. The Labute approximate surface area is 72.3 Å². The molecule has 0 rings (SSSR count). The van der Waals surface area contributed by atoms with Crippen LogP contribution >= 0.6 is 23.2 Å². The third kappa shape index (κ3) is 2.78. The summed E-state index contributed by atoms with van der Waals surface area (Å²) >= 11 is 10.3. The van der Waals surface area contributed by atoms with Crippen LogP contribution in [-0.2, 0) is 14.3 Å². The fraction of sp³-hybridized carbons (Fsp3) is 0.200. The van der Waals surface area contributed by atoms with Crippen LogP contribution in [0.4, 0.5) is 0 Å². The largest absolute Gasteiger partial charge is 0.477 e. The lowest BCUT2D eigenvalue weighted by molar-refractivity contribution is -0.137. The van der Waals surface area contributed by atoms with Gasteiger partial charge in [0.05, 0.1) is 7.11 Å². The molecule has 11 heavy (non-hydrogen) atoms. The Morgan fingerprint density at radius 2 is 1.73 bits per heavy atom. The zero-order valence-electron chi connectivity index (χ0n) is 5.43. The van der Waals surface area contributed by atoms with Crippen LogP contribution in [0.25, 0.3) is 0 Å². The Kier molecular flexibility index (Phi) is 3.92. The van der Waals surface area contributed by atoms with Gasteiger partial charge in [-0.2, -0.15) is 0 Å². The molecule has 0 radical (unpaired) electrons. The number of ether oxygens (including phenoxy) is 1. The molecular formula is C5H4Cl2O4. The van der Waals surface area contributed by atoms with E-state index in [1.807, 2.05) is 0 Å². The summed E-state index contributed by atoms with van der Waals surface area (Å²) in [5.41, 5.74) is 0. The maximum absolute atomic E-state index is 10.5. The van der Waals surface area contributed by atoms with Crippen LogP contribution in [0.5, 0.6) is 0 Å². The second kappa shape index (κ2) is 4.20. The molecule has 0 bridgehead atoms. The van der Waals surface area contributed by atoms with Gasteiger partial charge in [-0.15, -0.1) is 0 Å². The third-order valence-corrected chi connectivity index (χ3v) is 1.54. The van der Waals surface area contributed by atoms with E-state index in [1.54, 1.807) is 0 Å². The van der Waals surface area contributed by atoms with Crippen molar-refractivity contribution in [3.05, 3.63) is 10.1 Å². The molecule has 0 aromatic heterocycles. The Balaban J connectivity index is 4.66. The van der Waals surface area contributed by atoms with Crippen molar-refractivity contribution in [2.75, 3.05) is 7.11 Å². The summed E-state index contributed by atoms with van der Waals surface area (Å²) in [6, 6.07) is 0. The van der Waals surface area contributed by atoms with Crippen LogP contribution in [0.2, 0.25) is 0 Å².